The predicted octanol–water partition coefficient (Wildman–Crippen LogP) is 3.68. The SMILES string of the molecule is COc1ccc(C2=NN(C(=O)C(OC)c3ccccc3Cl)CC2)cc1OC. The number of methoxy groups -OCH3 is 3. The highest BCUT2D eigenvalue weighted by atomic mass is 35.5. The first kappa shape index (κ1) is 19.2. The van der Waals surface area contributed by atoms with Crippen molar-refractivity contribution in [3.8, 4) is 11.5 Å². The highest BCUT2D eigenvalue weighted by Gasteiger charge is 2.30. The van der Waals surface area contributed by atoms with Crippen LogP contribution in [0.25, 0.3) is 0 Å². The average molecular weight is 389 g/mol. The summed E-state index contributed by atoms with van der Waals surface area (Å²) in [5, 5.41) is 6.42. The van der Waals surface area contributed by atoms with Gasteiger partial charge in [-0.2, -0.15) is 5.10 Å². The van der Waals surface area contributed by atoms with E-state index in [1.165, 1.54) is 12.1 Å². The van der Waals surface area contributed by atoms with Crippen LogP contribution in [-0.4, -0.2) is 44.5 Å². The van der Waals surface area contributed by atoms with Gasteiger partial charge >= 0.3 is 0 Å². The van der Waals surface area contributed by atoms with Crippen LogP contribution < -0.4 is 9.47 Å². The predicted molar refractivity (Wildman–Crippen MR) is 104 cm³/mol. The van der Waals surface area contributed by atoms with Crippen molar-refractivity contribution in [1.29, 1.82) is 0 Å². The van der Waals surface area contributed by atoms with Crippen molar-refractivity contribution in [2.45, 2.75) is 12.5 Å². The van der Waals surface area contributed by atoms with Gasteiger partial charge in [-0.05, 0) is 24.3 Å². The number of hydrazone groups is 1. The number of carbonyl (C=O) groups is 1. The first-order valence-electron chi connectivity index (χ1n) is 8.47. The molecule has 0 radical (unpaired) electrons. The molecule has 1 atom stereocenters. The van der Waals surface area contributed by atoms with Gasteiger partial charge in [0.1, 0.15) is 0 Å². The zero-order chi connectivity index (χ0) is 19.4. The molecule has 0 bridgehead atoms. The monoisotopic (exact) mass is 388 g/mol. The fraction of sp³-hybridized carbons (Fsp3) is 0.300. The summed E-state index contributed by atoms with van der Waals surface area (Å²) in [6, 6.07) is 12.7. The molecule has 3 rings (SSSR count). The molecule has 0 aromatic heterocycles. The fourth-order valence-corrected chi connectivity index (χ4v) is 3.25. The fourth-order valence-electron chi connectivity index (χ4n) is 3.02. The highest BCUT2D eigenvalue weighted by molar-refractivity contribution is 6.31. The summed E-state index contributed by atoms with van der Waals surface area (Å²) in [6.45, 7) is 0.479. The van der Waals surface area contributed by atoms with Crippen LogP contribution in [0.1, 0.15) is 23.7 Å². The van der Waals surface area contributed by atoms with E-state index in [9.17, 15) is 4.79 Å². The van der Waals surface area contributed by atoms with Crippen molar-refractivity contribution >= 4 is 23.2 Å². The van der Waals surface area contributed by atoms with Gasteiger partial charge in [0.2, 0.25) is 0 Å². The molecule has 2 aromatic carbocycles. The number of benzene rings is 2. The van der Waals surface area contributed by atoms with Gasteiger partial charge in [0, 0.05) is 29.7 Å². The largest absolute Gasteiger partial charge is 0.493 e. The first-order chi connectivity index (χ1) is 13.1. The lowest BCUT2D eigenvalue weighted by Crippen LogP contribution is -2.30. The third kappa shape index (κ3) is 3.91. The number of amides is 1. The summed E-state index contributed by atoms with van der Waals surface area (Å²) in [7, 11) is 4.66. The Labute approximate surface area is 163 Å². The maximum atomic E-state index is 12.9. The second-order valence-corrected chi connectivity index (χ2v) is 6.37. The summed E-state index contributed by atoms with van der Waals surface area (Å²) < 4.78 is 16.0. The molecule has 1 aliphatic heterocycles. The van der Waals surface area contributed by atoms with Crippen molar-refractivity contribution in [3.63, 3.8) is 0 Å². The highest BCUT2D eigenvalue weighted by Crippen LogP contribution is 2.31. The van der Waals surface area contributed by atoms with E-state index in [1.54, 1.807) is 26.4 Å². The van der Waals surface area contributed by atoms with Crippen LogP contribution in [0.3, 0.4) is 0 Å². The van der Waals surface area contributed by atoms with Gasteiger partial charge in [0.25, 0.3) is 5.91 Å². The van der Waals surface area contributed by atoms with Gasteiger partial charge in [0.15, 0.2) is 17.6 Å². The molecule has 1 aliphatic rings. The first-order valence-corrected chi connectivity index (χ1v) is 8.85. The topological polar surface area (TPSA) is 60.4 Å². The molecule has 0 fully saturated rings. The molecule has 1 heterocycles. The molecular weight excluding hydrogens is 368 g/mol. The van der Waals surface area contributed by atoms with E-state index in [2.05, 4.69) is 5.10 Å². The molecule has 2 aromatic rings. The van der Waals surface area contributed by atoms with E-state index in [4.69, 9.17) is 25.8 Å². The van der Waals surface area contributed by atoms with Gasteiger partial charge in [-0.3, -0.25) is 4.79 Å². The van der Waals surface area contributed by atoms with Gasteiger partial charge in [-0.15, -0.1) is 0 Å². The van der Waals surface area contributed by atoms with Crippen LogP contribution >= 0.6 is 11.6 Å². The number of hydrogen-bond donors (Lipinski definition) is 0. The second-order valence-electron chi connectivity index (χ2n) is 5.97. The Morgan fingerprint density at radius 2 is 1.85 bits per heavy atom. The molecule has 6 nitrogen and oxygen atoms in total. The number of ether oxygens (including phenoxy) is 3. The summed E-state index contributed by atoms with van der Waals surface area (Å²) >= 11 is 6.22. The summed E-state index contributed by atoms with van der Waals surface area (Å²) in [5.74, 6) is 1.01. The minimum absolute atomic E-state index is 0.249. The van der Waals surface area contributed by atoms with E-state index < -0.39 is 6.10 Å². The Balaban J connectivity index is 1.84. The van der Waals surface area contributed by atoms with Crippen LogP contribution in [-0.2, 0) is 9.53 Å². The number of rotatable bonds is 6. The Kier molecular flexibility index (Phi) is 5.98. The van der Waals surface area contributed by atoms with Crippen molar-refractivity contribution in [2.75, 3.05) is 27.9 Å². The number of nitrogens with zero attached hydrogens (tertiary/aromatic N) is 2. The normalized spacial score (nSPS) is 14.7. The molecule has 0 saturated carbocycles. The standard InChI is InChI=1S/C20H21ClN2O4/c1-25-17-9-8-13(12-18(17)26-2)16-10-11-23(22-16)20(24)19(27-3)14-6-4-5-7-15(14)21/h4-9,12,19H,10-11H2,1-3H3. The maximum Gasteiger partial charge on any atom is 0.276 e. The van der Waals surface area contributed by atoms with Crippen molar-refractivity contribution < 1.29 is 19.0 Å². The van der Waals surface area contributed by atoms with Crippen LogP contribution in [0.4, 0.5) is 0 Å². The third-order valence-electron chi connectivity index (χ3n) is 4.42. The van der Waals surface area contributed by atoms with E-state index in [1.807, 2.05) is 30.3 Å². The molecule has 0 aliphatic carbocycles. The maximum absolute atomic E-state index is 12.9. The number of hydrogen-bond acceptors (Lipinski definition) is 5. The molecule has 0 N–H and O–H groups in total. The summed E-state index contributed by atoms with van der Waals surface area (Å²) in [6.07, 6.45) is -0.160. The Bertz CT molecular complexity index is 869. The van der Waals surface area contributed by atoms with E-state index in [-0.39, 0.29) is 5.91 Å². The van der Waals surface area contributed by atoms with Crippen LogP contribution in [0.2, 0.25) is 5.02 Å². The molecule has 27 heavy (non-hydrogen) atoms. The lowest BCUT2D eigenvalue weighted by Gasteiger charge is -2.20. The molecule has 142 valence electrons. The molecule has 1 unspecified atom stereocenters. The van der Waals surface area contributed by atoms with Crippen LogP contribution in [0, 0.1) is 0 Å². The van der Waals surface area contributed by atoms with E-state index in [0.717, 1.165) is 11.3 Å². The Morgan fingerprint density at radius 3 is 2.52 bits per heavy atom. The zero-order valence-corrected chi connectivity index (χ0v) is 16.2. The Hall–Kier alpha value is -2.57. The van der Waals surface area contributed by atoms with Crippen molar-refractivity contribution in [1.82, 2.24) is 5.01 Å². The van der Waals surface area contributed by atoms with Crippen LogP contribution in [0.5, 0.6) is 11.5 Å². The smallest absolute Gasteiger partial charge is 0.276 e. The van der Waals surface area contributed by atoms with Gasteiger partial charge < -0.3 is 14.2 Å². The average Bonchev–Trinajstić information content (AvgIpc) is 3.19. The second kappa shape index (κ2) is 8.41. The lowest BCUT2D eigenvalue weighted by atomic mass is 10.1. The van der Waals surface area contributed by atoms with Gasteiger partial charge in [0.05, 0.1) is 26.5 Å². The minimum Gasteiger partial charge on any atom is -0.493 e. The van der Waals surface area contributed by atoms with E-state index in [0.29, 0.717) is 35.1 Å². The molecule has 1 amide bonds. The van der Waals surface area contributed by atoms with E-state index >= 15 is 0 Å². The number of carbonyl (C=O) groups excluding carboxylic acids is 1. The minimum atomic E-state index is -0.799. The van der Waals surface area contributed by atoms with Gasteiger partial charge in [-0.25, -0.2) is 5.01 Å². The third-order valence-corrected chi connectivity index (χ3v) is 4.76. The quantitative estimate of drug-likeness (QED) is 0.757. The van der Waals surface area contributed by atoms with Crippen molar-refractivity contribution in [2.24, 2.45) is 5.10 Å². The molecule has 0 spiro atoms. The zero-order valence-electron chi connectivity index (χ0n) is 15.4. The molecule has 7 heteroatoms. The molecule has 0 saturated heterocycles. The van der Waals surface area contributed by atoms with Crippen LogP contribution in [0.15, 0.2) is 47.6 Å². The summed E-state index contributed by atoms with van der Waals surface area (Å²) in [5.41, 5.74) is 2.31. The van der Waals surface area contributed by atoms with Crippen molar-refractivity contribution in [3.05, 3.63) is 58.6 Å². The summed E-state index contributed by atoms with van der Waals surface area (Å²) in [4.78, 5) is 12.9. The Morgan fingerprint density at radius 1 is 1.11 bits per heavy atom. The number of halogens is 1. The lowest BCUT2D eigenvalue weighted by molar-refractivity contribution is -0.141. The van der Waals surface area contributed by atoms with Gasteiger partial charge in [-0.1, -0.05) is 29.8 Å². The molecular formula is C20H21ClN2O4.